The molecular formula is C30H40BrN3O5. The maximum absolute atomic E-state index is 13.2. The molecule has 1 aromatic carbocycles. The van der Waals surface area contributed by atoms with Crippen molar-refractivity contribution in [1.82, 2.24) is 15.6 Å². The van der Waals surface area contributed by atoms with Crippen molar-refractivity contribution in [3.8, 4) is 11.6 Å². The van der Waals surface area contributed by atoms with Gasteiger partial charge in [0.05, 0.1) is 23.2 Å². The monoisotopic (exact) mass is 601 g/mol. The molecule has 0 bridgehead atoms. The highest BCUT2D eigenvalue weighted by Gasteiger charge is 2.26. The number of hydrogen-bond donors (Lipinski definition) is 2. The van der Waals surface area contributed by atoms with Crippen LogP contribution in [0.15, 0.2) is 41.4 Å². The van der Waals surface area contributed by atoms with Crippen molar-refractivity contribution in [2.24, 2.45) is 0 Å². The zero-order valence-electron chi connectivity index (χ0n) is 23.6. The summed E-state index contributed by atoms with van der Waals surface area (Å²) in [5.74, 6) is 0.907. The van der Waals surface area contributed by atoms with E-state index in [0.29, 0.717) is 21.7 Å². The van der Waals surface area contributed by atoms with Crippen LogP contribution in [-0.4, -0.2) is 41.8 Å². The first kappa shape index (κ1) is 30.5. The normalized spacial score (nSPS) is 17.2. The Bertz CT molecular complexity index is 1170. The Morgan fingerprint density at radius 1 is 1.21 bits per heavy atom. The van der Waals surface area contributed by atoms with Gasteiger partial charge in [-0.3, -0.25) is 4.79 Å². The van der Waals surface area contributed by atoms with E-state index in [0.717, 1.165) is 55.3 Å². The maximum atomic E-state index is 13.2. The third kappa shape index (κ3) is 8.98. The van der Waals surface area contributed by atoms with Gasteiger partial charge in [0.1, 0.15) is 11.4 Å². The van der Waals surface area contributed by atoms with E-state index in [-0.39, 0.29) is 30.7 Å². The van der Waals surface area contributed by atoms with Crippen LogP contribution in [0.5, 0.6) is 11.6 Å². The number of alkyl carbamates (subject to hydrolysis) is 1. The van der Waals surface area contributed by atoms with Crippen molar-refractivity contribution in [3.63, 3.8) is 0 Å². The smallest absolute Gasteiger partial charge is 0.407 e. The number of halogens is 1. The summed E-state index contributed by atoms with van der Waals surface area (Å²) in [5, 5.41) is 5.97. The SMILES string of the molecule is C=CCCc1cc(C)nc(OC)c1CNC(=O)c1cccc(O[C@H]2CC[C@H](NC(=O)OC(C)(C)C)CC2)c1Br. The van der Waals surface area contributed by atoms with E-state index in [1.54, 1.807) is 13.2 Å². The van der Waals surface area contributed by atoms with Gasteiger partial charge in [-0.05, 0) is 106 Å². The Kier molecular flexibility index (Phi) is 10.8. The van der Waals surface area contributed by atoms with Crippen molar-refractivity contribution in [2.75, 3.05) is 7.11 Å². The van der Waals surface area contributed by atoms with Crippen LogP contribution in [-0.2, 0) is 17.7 Å². The van der Waals surface area contributed by atoms with Crippen molar-refractivity contribution in [1.29, 1.82) is 0 Å². The number of amides is 2. The van der Waals surface area contributed by atoms with Crippen LogP contribution in [0.25, 0.3) is 0 Å². The lowest BCUT2D eigenvalue weighted by Gasteiger charge is -2.30. The molecule has 8 nitrogen and oxygen atoms in total. The van der Waals surface area contributed by atoms with Gasteiger partial charge in [0.2, 0.25) is 5.88 Å². The molecule has 3 rings (SSSR count). The summed E-state index contributed by atoms with van der Waals surface area (Å²) < 4.78 is 17.8. The molecule has 39 heavy (non-hydrogen) atoms. The number of aryl methyl sites for hydroxylation is 2. The average molecular weight is 603 g/mol. The van der Waals surface area contributed by atoms with Crippen LogP contribution < -0.4 is 20.1 Å². The minimum absolute atomic E-state index is 0.00777. The Labute approximate surface area is 240 Å². The second-order valence-electron chi connectivity index (χ2n) is 10.8. The molecule has 1 aliphatic carbocycles. The first-order valence-corrected chi connectivity index (χ1v) is 14.2. The standard InChI is InChI=1S/C30H40BrN3O5/c1-7-8-10-20-17-19(2)33-28(37-6)24(20)18-32-27(35)23-11-9-12-25(26(23)31)38-22-15-13-21(14-16-22)34-29(36)39-30(3,4)5/h7,9,11-12,17,21-22H,1,8,10,13-16,18H2,2-6H3,(H,32,35)(H,34,36)/t21-,22-. The van der Waals surface area contributed by atoms with E-state index in [1.807, 2.05) is 52.0 Å². The van der Waals surface area contributed by atoms with E-state index < -0.39 is 5.60 Å². The first-order valence-electron chi connectivity index (χ1n) is 13.4. The fraction of sp³-hybridized carbons (Fsp3) is 0.500. The molecule has 1 aromatic heterocycles. The summed E-state index contributed by atoms with van der Waals surface area (Å²) in [5.41, 5.74) is 2.76. The number of pyridine rings is 1. The first-order chi connectivity index (χ1) is 18.5. The second kappa shape index (κ2) is 13.8. The number of allylic oxidation sites excluding steroid dienone is 1. The van der Waals surface area contributed by atoms with E-state index >= 15 is 0 Å². The average Bonchev–Trinajstić information content (AvgIpc) is 2.87. The zero-order valence-corrected chi connectivity index (χ0v) is 25.2. The quantitative estimate of drug-likeness (QED) is 0.305. The topological polar surface area (TPSA) is 98.8 Å². The van der Waals surface area contributed by atoms with Crippen LogP contribution in [0.2, 0.25) is 0 Å². The highest BCUT2D eigenvalue weighted by Crippen LogP contribution is 2.32. The summed E-state index contributed by atoms with van der Waals surface area (Å²) in [6.45, 7) is 11.6. The molecule has 1 saturated carbocycles. The molecular weight excluding hydrogens is 562 g/mol. The highest BCUT2D eigenvalue weighted by atomic mass is 79.9. The minimum Gasteiger partial charge on any atom is -0.489 e. The molecule has 2 aromatic rings. The number of carbonyl (C=O) groups is 2. The van der Waals surface area contributed by atoms with E-state index in [9.17, 15) is 9.59 Å². The molecule has 1 aliphatic rings. The largest absolute Gasteiger partial charge is 0.489 e. The van der Waals surface area contributed by atoms with Crippen LogP contribution in [0.1, 0.15) is 80.1 Å². The molecule has 2 amide bonds. The third-order valence-electron chi connectivity index (χ3n) is 6.44. The number of nitrogens with zero attached hydrogens (tertiary/aromatic N) is 1. The van der Waals surface area contributed by atoms with E-state index in [2.05, 4.69) is 38.1 Å². The van der Waals surface area contributed by atoms with Gasteiger partial charge in [0.25, 0.3) is 5.91 Å². The molecule has 0 atom stereocenters. The van der Waals surface area contributed by atoms with Gasteiger partial charge in [0.15, 0.2) is 0 Å². The Morgan fingerprint density at radius 3 is 2.56 bits per heavy atom. The molecule has 1 heterocycles. The highest BCUT2D eigenvalue weighted by molar-refractivity contribution is 9.10. The zero-order chi connectivity index (χ0) is 28.6. The maximum Gasteiger partial charge on any atom is 0.407 e. The fourth-order valence-electron chi connectivity index (χ4n) is 4.60. The van der Waals surface area contributed by atoms with Gasteiger partial charge in [0, 0.05) is 23.8 Å². The van der Waals surface area contributed by atoms with Crippen molar-refractivity contribution < 1.29 is 23.8 Å². The fourth-order valence-corrected chi connectivity index (χ4v) is 5.13. The van der Waals surface area contributed by atoms with Crippen LogP contribution in [0.4, 0.5) is 4.79 Å². The van der Waals surface area contributed by atoms with Crippen molar-refractivity contribution >= 4 is 27.9 Å². The number of ether oxygens (including phenoxy) is 3. The third-order valence-corrected chi connectivity index (χ3v) is 7.26. The Morgan fingerprint density at radius 2 is 1.92 bits per heavy atom. The van der Waals surface area contributed by atoms with E-state index in [4.69, 9.17) is 14.2 Å². The second-order valence-corrected chi connectivity index (χ2v) is 11.6. The van der Waals surface area contributed by atoms with Crippen molar-refractivity contribution in [2.45, 2.75) is 90.5 Å². The number of hydrogen-bond acceptors (Lipinski definition) is 6. The number of nitrogens with one attached hydrogen (secondary N) is 2. The van der Waals surface area contributed by atoms with Gasteiger partial charge in [-0.15, -0.1) is 6.58 Å². The molecule has 0 saturated heterocycles. The number of methoxy groups -OCH3 is 1. The Hall–Kier alpha value is -3.07. The lowest BCUT2D eigenvalue weighted by molar-refractivity contribution is 0.0470. The number of aromatic nitrogens is 1. The van der Waals surface area contributed by atoms with Crippen LogP contribution in [0, 0.1) is 6.92 Å². The molecule has 2 N–H and O–H groups in total. The molecule has 0 aliphatic heterocycles. The van der Waals surface area contributed by atoms with Gasteiger partial charge < -0.3 is 24.8 Å². The van der Waals surface area contributed by atoms with Gasteiger partial charge >= 0.3 is 6.09 Å². The Balaban J connectivity index is 1.61. The van der Waals surface area contributed by atoms with Crippen LogP contribution in [0.3, 0.4) is 0 Å². The lowest BCUT2D eigenvalue weighted by Crippen LogP contribution is -2.42. The number of carbonyl (C=O) groups excluding carboxylic acids is 2. The molecule has 0 spiro atoms. The van der Waals surface area contributed by atoms with Gasteiger partial charge in [-0.2, -0.15) is 0 Å². The van der Waals surface area contributed by atoms with Crippen LogP contribution >= 0.6 is 15.9 Å². The molecule has 212 valence electrons. The summed E-state index contributed by atoms with van der Waals surface area (Å²) in [4.78, 5) is 29.8. The minimum atomic E-state index is -0.523. The molecule has 9 heteroatoms. The molecule has 1 fully saturated rings. The van der Waals surface area contributed by atoms with Gasteiger partial charge in [-0.25, -0.2) is 9.78 Å². The predicted octanol–water partition coefficient (Wildman–Crippen LogP) is 6.42. The number of benzene rings is 1. The number of rotatable bonds is 10. The van der Waals surface area contributed by atoms with E-state index in [1.165, 1.54) is 0 Å². The summed E-state index contributed by atoms with van der Waals surface area (Å²) in [6.07, 6.45) is 6.25. The van der Waals surface area contributed by atoms with Gasteiger partial charge in [-0.1, -0.05) is 12.1 Å². The summed E-state index contributed by atoms with van der Waals surface area (Å²) in [6, 6.07) is 7.51. The lowest BCUT2D eigenvalue weighted by atomic mass is 9.93. The van der Waals surface area contributed by atoms with Crippen molar-refractivity contribution in [3.05, 3.63) is 63.8 Å². The summed E-state index contributed by atoms with van der Waals surface area (Å²) in [7, 11) is 1.59. The predicted molar refractivity (Wildman–Crippen MR) is 155 cm³/mol. The summed E-state index contributed by atoms with van der Waals surface area (Å²) >= 11 is 3.59. The molecule has 0 unspecified atom stereocenters. The molecule has 0 radical (unpaired) electrons.